The molecule has 0 unspecified atom stereocenters. The SMILES string of the molecule is CC(C)N(C(=O)C1CCN(C(=O)c2ccc(C(F)(F)F)cc2)CC1)C1CCCC1. The maximum atomic E-state index is 13.1. The van der Waals surface area contributed by atoms with Gasteiger partial charge in [0.05, 0.1) is 5.56 Å². The van der Waals surface area contributed by atoms with Gasteiger partial charge in [-0.2, -0.15) is 13.2 Å². The Morgan fingerprint density at radius 2 is 1.55 bits per heavy atom. The Labute approximate surface area is 170 Å². The van der Waals surface area contributed by atoms with Crippen LogP contribution in [0, 0.1) is 5.92 Å². The highest BCUT2D eigenvalue weighted by Crippen LogP contribution is 2.31. The predicted octanol–water partition coefficient (Wildman–Crippen LogP) is 4.74. The van der Waals surface area contributed by atoms with Gasteiger partial charge in [-0.1, -0.05) is 12.8 Å². The van der Waals surface area contributed by atoms with Crippen molar-refractivity contribution in [2.24, 2.45) is 5.92 Å². The molecule has 4 nitrogen and oxygen atoms in total. The summed E-state index contributed by atoms with van der Waals surface area (Å²) in [6.45, 7) is 5.01. The van der Waals surface area contributed by atoms with E-state index < -0.39 is 11.7 Å². The van der Waals surface area contributed by atoms with Gasteiger partial charge in [0.2, 0.25) is 5.91 Å². The van der Waals surface area contributed by atoms with Crippen LogP contribution in [0.4, 0.5) is 13.2 Å². The second kappa shape index (κ2) is 8.76. The van der Waals surface area contributed by atoms with Crippen LogP contribution in [0.1, 0.15) is 68.3 Å². The fourth-order valence-corrected chi connectivity index (χ4v) is 4.56. The minimum absolute atomic E-state index is 0.0883. The largest absolute Gasteiger partial charge is 0.416 e. The zero-order valence-corrected chi connectivity index (χ0v) is 17.0. The molecule has 2 aliphatic rings. The lowest BCUT2D eigenvalue weighted by molar-refractivity contribution is -0.141. The van der Waals surface area contributed by atoms with Crippen LogP contribution in [0.25, 0.3) is 0 Å². The van der Waals surface area contributed by atoms with Crippen molar-refractivity contribution in [2.45, 2.75) is 70.6 Å². The molecule has 0 radical (unpaired) electrons. The number of carbonyl (C=O) groups excluding carboxylic acids is 2. The first-order chi connectivity index (χ1) is 13.7. The molecule has 2 fully saturated rings. The third-order valence-electron chi connectivity index (χ3n) is 6.12. The van der Waals surface area contributed by atoms with Crippen molar-refractivity contribution in [3.63, 3.8) is 0 Å². The maximum absolute atomic E-state index is 13.1. The van der Waals surface area contributed by atoms with Crippen molar-refractivity contribution in [1.29, 1.82) is 0 Å². The molecule has 160 valence electrons. The smallest absolute Gasteiger partial charge is 0.339 e. The predicted molar refractivity (Wildman–Crippen MR) is 104 cm³/mol. The summed E-state index contributed by atoms with van der Waals surface area (Å²) in [5.74, 6) is -0.177. The molecular weight excluding hydrogens is 381 g/mol. The van der Waals surface area contributed by atoms with Gasteiger partial charge < -0.3 is 9.80 Å². The van der Waals surface area contributed by atoms with E-state index in [9.17, 15) is 22.8 Å². The molecule has 0 spiro atoms. The molecule has 3 rings (SSSR count). The van der Waals surface area contributed by atoms with E-state index in [2.05, 4.69) is 13.8 Å². The zero-order chi connectivity index (χ0) is 21.2. The Hall–Kier alpha value is -2.05. The molecule has 0 atom stereocenters. The number of carbonyl (C=O) groups is 2. The molecule has 1 aliphatic carbocycles. The highest BCUT2D eigenvalue weighted by Gasteiger charge is 2.36. The topological polar surface area (TPSA) is 40.6 Å². The number of nitrogens with zero attached hydrogens (tertiary/aromatic N) is 2. The van der Waals surface area contributed by atoms with Gasteiger partial charge in [0, 0.05) is 36.7 Å². The Balaban J connectivity index is 1.59. The molecule has 7 heteroatoms. The minimum Gasteiger partial charge on any atom is -0.339 e. The Kier molecular flexibility index (Phi) is 6.54. The molecular formula is C22H29F3N2O2. The molecule has 2 amide bonds. The number of hydrogen-bond donors (Lipinski definition) is 0. The van der Waals surface area contributed by atoms with Gasteiger partial charge in [-0.15, -0.1) is 0 Å². The van der Waals surface area contributed by atoms with Gasteiger partial charge in [0.1, 0.15) is 0 Å². The van der Waals surface area contributed by atoms with E-state index >= 15 is 0 Å². The van der Waals surface area contributed by atoms with Crippen molar-refractivity contribution in [3.05, 3.63) is 35.4 Å². The van der Waals surface area contributed by atoms with Crippen molar-refractivity contribution >= 4 is 11.8 Å². The molecule has 1 heterocycles. The molecule has 0 N–H and O–H groups in total. The summed E-state index contributed by atoms with van der Waals surface area (Å²) >= 11 is 0. The van der Waals surface area contributed by atoms with Crippen LogP contribution in [0.3, 0.4) is 0 Å². The average Bonchev–Trinajstić information content (AvgIpc) is 3.21. The van der Waals surface area contributed by atoms with Crippen LogP contribution in [0.15, 0.2) is 24.3 Å². The van der Waals surface area contributed by atoms with Crippen LogP contribution < -0.4 is 0 Å². The summed E-state index contributed by atoms with van der Waals surface area (Å²) in [7, 11) is 0. The number of halogens is 3. The van der Waals surface area contributed by atoms with E-state index in [-0.39, 0.29) is 29.3 Å². The molecule has 0 bridgehead atoms. The number of rotatable bonds is 4. The van der Waals surface area contributed by atoms with Crippen LogP contribution in [0.5, 0.6) is 0 Å². The van der Waals surface area contributed by atoms with E-state index in [1.165, 1.54) is 25.0 Å². The van der Waals surface area contributed by atoms with Crippen LogP contribution >= 0.6 is 0 Å². The van der Waals surface area contributed by atoms with E-state index in [4.69, 9.17) is 0 Å². The summed E-state index contributed by atoms with van der Waals surface area (Å²) < 4.78 is 38.1. The molecule has 1 aromatic carbocycles. The highest BCUT2D eigenvalue weighted by atomic mass is 19.4. The second-order valence-electron chi connectivity index (χ2n) is 8.42. The number of benzene rings is 1. The first kappa shape index (κ1) is 21.7. The first-order valence-corrected chi connectivity index (χ1v) is 10.5. The number of amides is 2. The summed E-state index contributed by atoms with van der Waals surface area (Å²) in [5.41, 5.74) is -0.517. The number of hydrogen-bond acceptors (Lipinski definition) is 2. The lowest BCUT2D eigenvalue weighted by atomic mass is 9.93. The van der Waals surface area contributed by atoms with Gasteiger partial charge in [0.25, 0.3) is 5.91 Å². The van der Waals surface area contributed by atoms with Crippen LogP contribution in [0.2, 0.25) is 0 Å². The number of piperidine rings is 1. The van der Waals surface area contributed by atoms with Gasteiger partial charge in [0.15, 0.2) is 0 Å². The second-order valence-corrected chi connectivity index (χ2v) is 8.42. The van der Waals surface area contributed by atoms with Crippen LogP contribution in [-0.4, -0.2) is 46.8 Å². The van der Waals surface area contributed by atoms with Crippen molar-refractivity contribution in [2.75, 3.05) is 13.1 Å². The normalized spacial score (nSPS) is 19.0. The third-order valence-corrected chi connectivity index (χ3v) is 6.12. The van der Waals surface area contributed by atoms with Gasteiger partial charge in [-0.3, -0.25) is 9.59 Å². The number of likely N-dealkylation sites (tertiary alicyclic amines) is 1. The van der Waals surface area contributed by atoms with Crippen molar-refractivity contribution in [1.82, 2.24) is 9.80 Å². The average molecular weight is 410 g/mol. The van der Waals surface area contributed by atoms with Crippen molar-refractivity contribution < 1.29 is 22.8 Å². The highest BCUT2D eigenvalue weighted by molar-refractivity contribution is 5.94. The quantitative estimate of drug-likeness (QED) is 0.720. The van der Waals surface area contributed by atoms with Crippen LogP contribution in [-0.2, 0) is 11.0 Å². The summed E-state index contributed by atoms with van der Waals surface area (Å²) in [6, 6.07) is 4.81. The lowest BCUT2D eigenvalue weighted by Gasteiger charge is -2.38. The summed E-state index contributed by atoms with van der Waals surface area (Å²) in [4.78, 5) is 29.4. The first-order valence-electron chi connectivity index (χ1n) is 10.5. The summed E-state index contributed by atoms with van der Waals surface area (Å²) in [5, 5.41) is 0. The summed E-state index contributed by atoms with van der Waals surface area (Å²) in [6.07, 6.45) is 1.25. The minimum atomic E-state index is -4.41. The monoisotopic (exact) mass is 410 g/mol. The Morgan fingerprint density at radius 3 is 2.03 bits per heavy atom. The van der Waals surface area contributed by atoms with E-state index in [1.54, 1.807) is 4.90 Å². The number of alkyl halides is 3. The zero-order valence-electron chi connectivity index (χ0n) is 17.0. The van der Waals surface area contributed by atoms with Gasteiger partial charge >= 0.3 is 6.18 Å². The molecule has 1 saturated heterocycles. The van der Waals surface area contributed by atoms with Gasteiger partial charge in [-0.05, 0) is 63.8 Å². The molecule has 1 aromatic rings. The van der Waals surface area contributed by atoms with Gasteiger partial charge in [-0.25, -0.2) is 0 Å². The molecule has 29 heavy (non-hydrogen) atoms. The van der Waals surface area contributed by atoms with E-state index in [0.717, 1.165) is 25.0 Å². The molecule has 0 aromatic heterocycles. The Bertz CT molecular complexity index is 717. The molecule has 1 aliphatic heterocycles. The fraction of sp³-hybridized carbons (Fsp3) is 0.636. The Morgan fingerprint density at radius 1 is 1.00 bits per heavy atom. The fourth-order valence-electron chi connectivity index (χ4n) is 4.56. The third kappa shape index (κ3) is 4.93. The standard InChI is InChI=1S/C22H29F3N2O2/c1-15(2)27(19-5-3-4-6-19)21(29)17-11-13-26(14-12-17)20(28)16-7-9-18(10-8-16)22(23,24)25/h7-10,15,17,19H,3-6,11-14H2,1-2H3. The van der Waals surface area contributed by atoms with E-state index in [1.807, 2.05) is 4.90 Å². The van der Waals surface area contributed by atoms with Crippen molar-refractivity contribution in [3.8, 4) is 0 Å². The van der Waals surface area contributed by atoms with E-state index in [0.29, 0.717) is 32.0 Å². The maximum Gasteiger partial charge on any atom is 0.416 e. The lowest BCUT2D eigenvalue weighted by Crippen LogP contribution is -2.49. The molecule has 1 saturated carbocycles.